The molecular formula is C56H45NO3. The normalized spacial score (nSPS) is 12.3. The van der Waals surface area contributed by atoms with Gasteiger partial charge in [-0.25, -0.2) is 4.79 Å². The second-order valence-electron chi connectivity index (χ2n) is 15.8. The lowest BCUT2D eigenvalue weighted by molar-refractivity contribution is 0.0527. The van der Waals surface area contributed by atoms with Crippen molar-refractivity contribution in [3.05, 3.63) is 210 Å². The van der Waals surface area contributed by atoms with Gasteiger partial charge in [0.1, 0.15) is 0 Å². The van der Waals surface area contributed by atoms with E-state index in [1.54, 1.807) is 13.8 Å². The molecule has 0 spiro atoms. The smallest absolute Gasteiger partial charge is 0.338 e. The van der Waals surface area contributed by atoms with Crippen molar-refractivity contribution in [1.82, 2.24) is 0 Å². The average molecular weight is 780 g/mol. The predicted octanol–water partition coefficient (Wildman–Crippen LogP) is 14.5. The van der Waals surface area contributed by atoms with Crippen LogP contribution in [0.3, 0.4) is 0 Å². The molecular weight excluding hydrogens is 735 g/mol. The van der Waals surface area contributed by atoms with Gasteiger partial charge in [0.15, 0.2) is 5.78 Å². The number of carbonyl (C=O) groups is 2. The molecule has 0 aliphatic heterocycles. The second-order valence-corrected chi connectivity index (χ2v) is 15.8. The number of nitrogens with zero attached hydrogens (tertiary/aromatic N) is 1. The summed E-state index contributed by atoms with van der Waals surface area (Å²) in [6.07, 6.45) is 0. The van der Waals surface area contributed by atoms with E-state index >= 15 is 0 Å². The van der Waals surface area contributed by atoms with Crippen LogP contribution in [0.1, 0.15) is 59.5 Å². The molecule has 0 aromatic heterocycles. The molecule has 0 atom stereocenters. The minimum absolute atomic E-state index is 0.0805. The summed E-state index contributed by atoms with van der Waals surface area (Å²) in [5.74, 6) is -0.512. The minimum atomic E-state index is -0.431. The fourth-order valence-corrected chi connectivity index (χ4v) is 8.82. The number of fused-ring (bicyclic) bond motifs is 3. The largest absolute Gasteiger partial charge is 0.462 e. The van der Waals surface area contributed by atoms with Crippen LogP contribution in [0, 0.1) is 0 Å². The van der Waals surface area contributed by atoms with Gasteiger partial charge < -0.3 is 9.64 Å². The molecule has 0 heterocycles. The predicted molar refractivity (Wildman–Crippen MR) is 246 cm³/mol. The summed E-state index contributed by atoms with van der Waals surface area (Å²) < 4.78 is 5.61. The van der Waals surface area contributed by atoms with Crippen molar-refractivity contribution in [3.8, 4) is 55.6 Å². The Balaban J connectivity index is 1.16. The first-order valence-corrected chi connectivity index (χ1v) is 20.5. The zero-order chi connectivity index (χ0) is 41.4. The first kappa shape index (κ1) is 38.2. The summed E-state index contributed by atoms with van der Waals surface area (Å²) in [6, 6.07) is 64.9. The third kappa shape index (κ3) is 6.90. The van der Waals surface area contributed by atoms with E-state index in [4.69, 9.17) is 4.74 Å². The van der Waals surface area contributed by atoms with Gasteiger partial charge in [-0.2, -0.15) is 0 Å². The first-order chi connectivity index (χ1) is 29.2. The van der Waals surface area contributed by atoms with Crippen LogP contribution in [-0.2, 0) is 10.2 Å². The molecule has 0 fully saturated rings. The fraction of sp³-hybridized carbons (Fsp3) is 0.107. The number of ketones is 1. The molecule has 4 heteroatoms. The van der Waals surface area contributed by atoms with Crippen LogP contribution >= 0.6 is 0 Å². The van der Waals surface area contributed by atoms with E-state index in [0.29, 0.717) is 22.3 Å². The quantitative estimate of drug-likeness (QED) is 0.102. The van der Waals surface area contributed by atoms with Crippen LogP contribution in [0.25, 0.3) is 55.6 Å². The second kappa shape index (κ2) is 15.8. The molecule has 0 unspecified atom stereocenters. The number of hydrogen-bond acceptors (Lipinski definition) is 4. The van der Waals surface area contributed by atoms with Crippen molar-refractivity contribution in [1.29, 1.82) is 0 Å². The van der Waals surface area contributed by atoms with Crippen molar-refractivity contribution in [2.24, 2.45) is 0 Å². The molecule has 0 saturated heterocycles. The molecule has 292 valence electrons. The number of anilines is 3. The zero-order valence-corrected chi connectivity index (χ0v) is 34.3. The highest BCUT2D eigenvalue weighted by Gasteiger charge is 2.35. The van der Waals surface area contributed by atoms with Gasteiger partial charge in [-0.3, -0.25) is 4.79 Å². The van der Waals surface area contributed by atoms with Crippen LogP contribution in [-0.4, -0.2) is 18.4 Å². The van der Waals surface area contributed by atoms with Gasteiger partial charge in [-0.05, 0) is 129 Å². The molecule has 1 aliphatic rings. The molecule has 0 bridgehead atoms. The maximum absolute atomic E-state index is 13.7. The summed E-state index contributed by atoms with van der Waals surface area (Å²) in [6.45, 7) is 8.24. The molecule has 8 aromatic rings. The Kier molecular flexibility index (Phi) is 10.1. The SMILES string of the molecule is CCOC(=O)c1cc(-c2ccccc2)c(C(C)=O)cc1-c1ccccc1-c1ccc(N(c2ccc(-c3ccccc3)cc2)c2ccc3c(c2)C(C)(C)c2ccccc2-3)cc1. The monoisotopic (exact) mass is 779 g/mol. The number of rotatable bonds is 10. The molecule has 0 saturated carbocycles. The summed E-state index contributed by atoms with van der Waals surface area (Å²) in [5.41, 5.74) is 16.4. The molecule has 8 aromatic carbocycles. The first-order valence-electron chi connectivity index (χ1n) is 20.5. The Morgan fingerprint density at radius 1 is 0.450 bits per heavy atom. The Morgan fingerprint density at radius 3 is 1.57 bits per heavy atom. The summed E-state index contributed by atoms with van der Waals surface area (Å²) in [5, 5.41) is 0. The van der Waals surface area contributed by atoms with Crippen LogP contribution in [0.5, 0.6) is 0 Å². The Bertz CT molecular complexity index is 2880. The minimum Gasteiger partial charge on any atom is -0.462 e. The van der Waals surface area contributed by atoms with Gasteiger partial charge in [0.05, 0.1) is 12.2 Å². The van der Waals surface area contributed by atoms with Crippen LogP contribution < -0.4 is 4.90 Å². The zero-order valence-electron chi connectivity index (χ0n) is 34.3. The molecule has 4 nitrogen and oxygen atoms in total. The van der Waals surface area contributed by atoms with E-state index < -0.39 is 5.97 Å². The van der Waals surface area contributed by atoms with Crippen molar-refractivity contribution in [2.45, 2.75) is 33.1 Å². The fourth-order valence-electron chi connectivity index (χ4n) is 8.82. The van der Waals surface area contributed by atoms with Gasteiger partial charge >= 0.3 is 5.97 Å². The topological polar surface area (TPSA) is 46.6 Å². The van der Waals surface area contributed by atoms with Gasteiger partial charge in [0, 0.05) is 28.0 Å². The number of hydrogen-bond donors (Lipinski definition) is 0. The van der Waals surface area contributed by atoms with Crippen molar-refractivity contribution in [2.75, 3.05) is 11.5 Å². The van der Waals surface area contributed by atoms with E-state index in [1.807, 2.05) is 66.7 Å². The highest BCUT2D eigenvalue weighted by molar-refractivity contribution is 6.08. The van der Waals surface area contributed by atoms with Crippen molar-refractivity contribution in [3.63, 3.8) is 0 Å². The van der Waals surface area contributed by atoms with Gasteiger partial charge in [-0.15, -0.1) is 0 Å². The maximum atomic E-state index is 13.7. The van der Waals surface area contributed by atoms with E-state index in [9.17, 15) is 9.59 Å². The van der Waals surface area contributed by atoms with Crippen LogP contribution in [0.4, 0.5) is 17.1 Å². The van der Waals surface area contributed by atoms with Gasteiger partial charge in [0.2, 0.25) is 0 Å². The summed E-state index contributed by atoms with van der Waals surface area (Å²) in [4.78, 5) is 29.3. The van der Waals surface area contributed by atoms with E-state index in [1.165, 1.54) is 27.8 Å². The summed E-state index contributed by atoms with van der Waals surface area (Å²) in [7, 11) is 0. The van der Waals surface area contributed by atoms with Gasteiger partial charge in [0.25, 0.3) is 0 Å². The Hall–Kier alpha value is -7.30. The molecule has 60 heavy (non-hydrogen) atoms. The standard InChI is InChI=1S/C56H45NO3/c1-5-60-55(59)52-36-50(40-18-10-7-11-19-40)49(37(2)58)35-51(52)46-21-13-12-20-45(46)41-26-30-43(31-27-41)57(42-28-24-39(25-29-42)38-16-8-6-9-17-38)44-32-33-48-47-22-14-15-23-53(47)56(3,4)54(48)34-44/h6-36H,5H2,1-4H3. The third-order valence-electron chi connectivity index (χ3n) is 11.8. The van der Waals surface area contributed by atoms with Crippen LogP contribution in [0.2, 0.25) is 0 Å². The van der Waals surface area contributed by atoms with Crippen molar-refractivity contribution >= 4 is 28.8 Å². The maximum Gasteiger partial charge on any atom is 0.338 e. The molecule has 0 N–H and O–H groups in total. The summed E-state index contributed by atoms with van der Waals surface area (Å²) >= 11 is 0. The third-order valence-corrected chi connectivity index (χ3v) is 11.8. The van der Waals surface area contributed by atoms with E-state index in [2.05, 4.69) is 140 Å². The Morgan fingerprint density at radius 2 is 0.933 bits per heavy atom. The van der Waals surface area contributed by atoms with E-state index in [0.717, 1.165) is 44.9 Å². The lowest BCUT2D eigenvalue weighted by atomic mass is 9.82. The number of Topliss-reactive ketones (excluding diaryl/α,β-unsaturated/α-hetero) is 1. The van der Waals surface area contributed by atoms with Crippen molar-refractivity contribution < 1.29 is 14.3 Å². The van der Waals surface area contributed by atoms with E-state index in [-0.39, 0.29) is 17.8 Å². The molecule has 0 radical (unpaired) electrons. The number of carbonyl (C=O) groups excluding carboxylic acids is 2. The molecule has 0 amide bonds. The Labute approximate surface area is 352 Å². The molecule has 9 rings (SSSR count). The number of benzene rings is 8. The average Bonchev–Trinajstić information content (AvgIpc) is 3.52. The lowest BCUT2D eigenvalue weighted by Gasteiger charge is -2.28. The highest BCUT2D eigenvalue weighted by atomic mass is 16.5. The van der Waals surface area contributed by atoms with Gasteiger partial charge in [-0.1, -0.05) is 153 Å². The highest BCUT2D eigenvalue weighted by Crippen LogP contribution is 2.51. The lowest BCUT2D eigenvalue weighted by Crippen LogP contribution is -2.16. The number of esters is 1. The number of ether oxygens (including phenoxy) is 1. The van der Waals surface area contributed by atoms with Crippen LogP contribution in [0.15, 0.2) is 188 Å². The molecule has 1 aliphatic carbocycles.